The van der Waals surface area contributed by atoms with Crippen molar-refractivity contribution in [3.63, 3.8) is 0 Å². The molecule has 0 atom stereocenters. The monoisotopic (exact) mass is 233 g/mol. The van der Waals surface area contributed by atoms with E-state index in [0.717, 1.165) is 10.8 Å². The molecule has 0 amide bonds. The Kier molecular flexibility index (Phi) is 2.58. The number of aromatic nitrogens is 1. The Morgan fingerprint density at radius 3 is 2.53 bits per heavy atom. The van der Waals surface area contributed by atoms with Crippen molar-refractivity contribution in [2.45, 2.75) is 26.4 Å². The maximum absolute atomic E-state index is 11.8. The Labute approximate surface area is 99.4 Å². The summed E-state index contributed by atoms with van der Waals surface area (Å²) in [5, 5.41) is 11.0. The SMILES string of the molecule is CC(C)(C)OC(=O)n1cc2ccc(O)cc2c1. The molecule has 1 aromatic carbocycles. The van der Waals surface area contributed by atoms with E-state index < -0.39 is 11.7 Å². The summed E-state index contributed by atoms with van der Waals surface area (Å²) in [6, 6.07) is 4.95. The minimum atomic E-state index is -0.518. The summed E-state index contributed by atoms with van der Waals surface area (Å²) in [6.07, 6.45) is 2.90. The third-order valence-corrected chi connectivity index (χ3v) is 2.23. The number of hydrogen-bond acceptors (Lipinski definition) is 3. The van der Waals surface area contributed by atoms with E-state index in [1.807, 2.05) is 20.8 Å². The lowest BCUT2D eigenvalue weighted by molar-refractivity contribution is 0.0538. The number of hydrogen-bond donors (Lipinski definition) is 1. The molecule has 1 heterocycles. The number of ether oxygens (including phenoxy) is 1. The van der Waals surface area contributed by atoms with Crippen molar-refractivity contribution in [3.05, 3.63) is 30.6 Å². The lowest BCUT2D eigenvalue weighted by Crippen LogP contribution is -2.26. The molecule has 0 bridgehead atoms. The van der Waals surface area contributed by atoms with Crippen molar-refractivity contribution in [1.82, 2.24) is 4.57 Å². The molecule has 0 aliphatic heterocycles. The van der Waals surface area contributed by atoms with Gasteiger partial charge in [-0.1, -0.05) is 0 Å². The van der Waals surface area contributed by atoms with Crippen LogP contribution >= 0.6 is 0 Å². The number of benzene rings is 1. The lowest BCUT2D eigenvalue weighted by Gasteiger charge is -2.19. The highest BCUT2D eigenvalue weighted by Gasteiger charge is 2.17. The first-order chi connectivity index (χ1) is 7.85. The average Bonchev–Trinajstić information content (AvgIpc) is 2.57. The van der Waals surface area contributed by atoms with Crippen molar-refractivity contribution in [1.29, 1.82) is 0 Å². The van der Waals surface area contributed by atoms with E-state index in [1.165, 1.54) is 4.57 Å². The first-order valence-electron chi connectivity index (χ1n) is 5.39. The molecule has 0 radical (unpaired) electrons. The van der Waals surface area contributed by atoms with Crippen molar-refractivity contribution < 1.29 is 14.6 Å². The van der Waals surface area contributed by atoms with Crippen molar-refractivity contribution in [2.75, 3.05) is 0 Å². The van der Waals surface area contributed by atoms with Crippen molar-refractivity contribution in [3.8, 4) is 5.75 Å². The number of carbonyl (C=O) groups is 1. The molecule has 0 unspecified atom stereocenters. The van der Waals surface area contributed by atoms with Crippen LogP contribution in [-0.4, -0.2) is 21.4 Å². The normalized spacial score (nSPS) is 11.7. The van der Waals surface area contributed by atoms with Gasteiger partial charge in [0.1, 0.15) is 11.4 Å². The molecule has 2 aromatic rings. The third kappa shape index (κ3) is 2.58. The van der Waals surface area contributed by atoms with Gasteiger partial charge in [-0.3, -0.25) is 4.57 Å². The van der Waals surface area contributed by atoms with Crippen LogP contribution in [0, 0.1) is 0 Å². The maximum atomic E-state index is 11.8. The van der Waals surface area contributed by atoms with E-state index in [2.05, 4.69) is 0 Å². The van der Waals surface area contributed by atoms with E-state index in [1.54, 1.807) is 30.6 Å². The van der Waals surface area contributed by atoms with Gasteiger partial charge in [0, 0.05) is 23.2 Å². The number of phenolic OH excluding ortho intramolecular Hbond substituents is 1. The molecule has 0 saturated heterocycles. The van der Waals surface area contributed by atoms with Gasteiger partial charge in [-0.25, -0.2) is 4.79 Å². The highest BCUT2D eigenvalue weighted by Crippen LogP contribution is 2.21. The molecule has 0 aliphatic carbocycles. The number of nitrogens with zero attached hydrogens (tertiary/aromatic N) is 1. The summed E-state index contributed by atoms with van der Waals surface area (Å²) in [5.41, 5.74) is -0.518. The third-order valence-electron chi connectivity index (χ3n) is 2.23. The summed E-state index contributed by atoms with van der Waals surface area (Å²) in [7, 11) is 0. The molecular formula is C13H15NO3. The van der Waals surface area contributed by atoms with Gasteiger partial charge in [0.2, 0.25) is 0 Å². The predicted molar refractivity (Wildman–Crippen MR) is 65.2 cm³/mol. The van der Waals surface area contributed by atoms with E-state index >= 15 is 0 Å². The minimum Gasteiger partial charge on any atom is -0.508 e. The van der Waals surface area contributed by atoms with Crippen LogP contribution in [0.25, 0.3) is 10.8 Å². The van der Waals surface area contributed by atoms with Gasteiger partial charge in [0.25, 0.3) is 0 Å². The lowest BCUT2D eigenvalue weighted by atomic mass is 10.2. The van der Waals surface area contributed by atoms with Crippen molar-refractivity contribution >= 4 is 16.9 Å². The van der Waals surface area contributed by atoms with Gasteiger partial charge >= 0.3 is 6.09 Å². The summed E-state index contributed by atoms with van der Waals surface area (Å²) in [4.78, 5) is 11.8. The first kappa shape index (κ1) is 11.5. The summed E-state index contributed by atoms with van der Waals surface area (Å²) < 4.78 is 6.63. The van der Waals surface area contributed by atoms with E-state index in [9.17, 15) is 9.90 Å². The van der Waals surface area contributed by atoms with Gasteiger partial charge in [-0.05, 0) is 39.0 Å². The zero-order valence-corrected chi connectivity index (χ0v) is 10.1. The summed E-state index contributed by atoms with van der Waals surface area (Å²) in [5.74, 6) is 0.180. The molecule has 90 valence electrons. The van der Waals surface area contributed by atoms with Crippen LogP contribution in [-0.2, 0) is 4.74 Å². The van der Waals surface area contributed by atoms with E-state index in [4.69, 9.17) is 4.74 Å². The number of rotatable bonds is 0. The molecule has 1 N–H and O–H groups in total. The van der Waals surface area contributed by atoms with Crippen LogP contribution in [0.4, 0.5) is 4.79 Å². The summed E-state index contributed by atoms with van der Waals surface area (Å²) >= 11 is 0. The van der Waals surface area contributed by atoms with Gasteiger partial charge in [0.15, 0.2) is 0 Å². The fourth-order valence-corrected chi connectivity index (χ4v) is 1.55. The Bertz CT molecular complexity index is 564. The van der Waals surface area contributed by atoms with Gasteiger partial charge < -0.3 is 9.84 Å². The van der Waals surface area contributed by atoms with Gasteiger partial charge in [0.05, 0.1) is 0 Å². The van der Waals surface area contributed by atoms with Crippen LogP contribution in [0.1, 0.15) is 20.8 Å². The molecule has 0 spiro atoms. The average molecular weight is 233 g/mol. The fourth-order valence-electron chi connectivity index (χ4n) is 1.55. The molecular weight excluding hydrogens is 218 g/mol. The van der Waals surface area contributed by atoms with Crippen LogP contribution in [0.15, 0.2) is 30.6 Å². The van der Waals surface area contributed by atoms with Crippen LogP contribution in [0.5, 0.6) is 5.75 Å². The second-order valence-corrected chi connectivity index (χ2v) is 4.96. The van der Waals surface area contributed by atoms with E-state index in [-0.39, 0.29) is 5.75 Å². The number of carbonyl (C=O) groups excluding carboxylic acids is 1. The minimum absolute atomic E-state index is 0.180. The second kappa shape index (κ2) is 3.80. The Morgan fingerprint density at radius 2 is 1.88 bits per heavy atom. The Balaban J connectivity index is 2.33. The fraction of sp³-hybridized carbons (Fsp3) is 0.308. The predicted octanol–water partition coefficient (Wildman–Crippen LogP) is 3.13. The van der Waals surface area contributed by atoms with Crippen LogP contribution in [0.2, 0.25) is 0 Å². The van der Waals surface area contributed by atoms with Gasteiger partial charge in [-0.15, -0.1) is 0 Å². The highest BCUT2D eigenvalue weighted by atomic mass is 16.6. The smallest absolute Gasteiger partial charge is 0.418 e. The Morgan fingerprint density at radius 1 is 1.24 bits per heavy atom. The molecule has 17 heavy (non-hydrogen) atoms. The zero-order chi connectivity index (χ0) is 12.6. The molecule has 2 rings (SSSR count). The largest absolute Gasteiger partial charge is 0.508 e. The number of aromatic hydroxyl groups is 1. The number of fused-ring (bicyclic) bond motifs is 1. The molecule has 0 aliphatic rings. The van der Waals surface area contributed by atoms with Crippen molar-refractivity contribution in [2.24, 2.45) is 0 Å². The zero-order valence-electron chi connectivity index (χ0n) is 10.1. The van der Waals surface area contributed by atoms with Crippen LogP contribution in [0.3, 0.4) is 0 Å². The quantitative estimate of drug-likeness (QED) is 0.760. The molecule has 4 heteroatoms. The molecule has 0 fully saturated rings. The van der Waals surface area contributed by atoms with Gasteiger partial charge in [-0.2, -0.15) is 0 Å². The standard InChI is InChI=1S/C13H15NO3/c1-13(2,3)17-12(16)14-7-9-4-5-11(15)6-10(9)8-14/h4-8,15H,1-3H3. The Hall–Kier alpha value is -1.97. The molecule has 1 aromatic heterocycles. The first-order valence-corrected chi connectivity index (χ1v) is 5.39. The second-order valence-electron chi connectivity index (χ2n) is 4.96. The summed E-state index contributed by atoms with van der Waals surface area (Å²) in [6.45, 7) is 5.46. The maximum Gasteiger partial charge on any atom is 0.418 e. The van der Waals surface area contributed by atoms with Crippen LogP contribution < -0.4 is 0 Å². The highest BCUT2D eigenvalue weighted by molar-refractivity contribution is 5.87. The molecule has 4 nitrogen and oxygen atoms in total. The molecule has 0 saturated carbocycles. The number of phenols is 1. The van der Waals surface area contributed by atoms with E-state index in [0.29, 0.717) is 0 Å². The topological polar surface area (TPSA) is 51.5 Å².